The summed E-state index contributed by atoms with van der Waals surface area (Å²) in [4.78, 5) is 39.6. The molecule has 0 aromatic carbocycles. The van der Waals surface area contributed by atoms with E-state index >= 15 is 0 Å². The van der Waals surface area contributed by atoms with Gasteiger partial charge in [-0.3, -0.25) is 14.6 Å². The number of amides is 1. The lowest BCUT2D eigenvalue weighted by Crippen LogP contribution is -2.48. The molecule has 0 aromatic rings. The minimum absolute atomic E-state index is 0.0354. The second-order valence-corrected chi connectivity index (χ2v) is 5.88. The van der Waals surface area contributed by atoms with Crippen LogP contribution in [0.1, 0.15) is 33.6 Å². The quantitative estimate of drug-likeness (QED) is 0.394. The molecule has 0 aromatic heterocycles. The summed E-state index contributed by atoms with van der Waals surface area (Å²) in [6.07, 6.45) is 1.03. The number of Topliss-reactive ketones (excluding diaryl/α,β-unsaturated/α-hetero) is 1. The van der Waals surface area contributed by atoms with Gasteiger partial charge in [0.2, 0.25) is 0 Å². The summed E-state index contributed by atoms with van der Waals surface area (Å²) in [6.45, 7) is 8.15. The van der Waals surface area contributed by atoms with Crippen LogP contribution in [0.3, 0.4) is 0 Å². The molecular formula is C18H26FN3O5. The van der Waals surface area contributed by atoms with E-state index in [4.69, 9.17) is 14.9 Å². The number of methoxy groups -OCH3 is 1. The van der Waals surface area contributed by atoms with Crippen molar-refractivity contribution >= 4 is 30.1 Å². The number of hydrogen-bond acceptors (Lipinski definition) is 7. The van der Waals surface area contributed by atoms with Crippen LogP contribution < -0.4 is 5.32 Å². The molecule has 0 aliphatic rings. The third kappa shape index (κ3) is 10.1. The molecule has 0 unspecified atom stereocenters. The molecule has 0 saturated heterocycles. The second-order valence-electron chi connectivity index (χ2n) is 5.88. The Labute approximate surface area is 158 Å². The van der Waals surface area contributed by atoms with Gasteiger partial charge in [-0.15, -0.1) is 0 Å². The first-order valence-corrected chi connectivity index (χ1v) is 8.23. The Hall–Kier alpha value is -2.68. The van der Waals surface area contributed by atoms with E-state index < -0.39 is 41.7 Å². The van der Waals surface area contributed by atoms with Gasteiger partial charge >= 0.3 is 5.97 Å². The number of aliphatic imine (C=N–C) groups is 1. The summed E-state index contributed by atoms with van der Waals surface area (Å²) in [5.41, 5.74) is 0.138. The Bertz CT molecular complexity index is 624. The van der Waals surface area contributed by atoms with E-state index in [1.807, 2.05) is 0 Å². The molecule has 9 heteroatoms. The fourth-order valence-electron chi connectivity index (χ4n) is 1.90. The van der Waals surface area contributed by atoms with E-state index in [0.717, 1.165) is 12.4 Å². The topological polar surface area (TPSA) is 118 Å². The molecule has 0 saturated carbocycles. The number of allylic oxidation sites excluding steroid dienone is 1. The average Bonchev–Trinajstić information content (AvgIpc) is 2.57. The molecule has 1 amide bonds. The van der Waals surface area contributed by atoms with Crippen molar-refractivity contribution < 1.29 is 28.2 Å². The smallest absolute Gasteiger partial charge is 0.328 e. The summed E-state index contributed by atoms with van der Waals surface area (Å²) >= 11 is 0. The number of nitrogens with zero attached hydrogens (tertiary/aromatic N) is 1. The maximum atomic E-state index is 12.7. The van der Waals surface area contributed by atoms with Gasteiger partial charge in [-0.1, -0.05) is 6.58 Å². The lowest BCUT2D eigenvalue weighted by atomic mass is 10.1. The number of carbonyl (C=O) groups is 3. The molecule has 0 aliphatic carbocycles. The molecule has 0 rings (SSSR count). The first kappa shape index (κ1) is 24.3. The highest BCUT2D eigenvalue weighted by molar-refractivity contribution is 6.26. The van der Waals surface area contributed by atoms with Crippen LogP contribution in [-0.4, -0.2) is 55.4 Å². The minimum Gasteiger partial charge on any atom is -0.461 e. The number of rotatable bonds is 12. The molecule has 0 radical (unpaired) electrons. The second kappa shape index (κ2) is 12.6. The first-order valence-electron chi connectivity index (χ1n) is 8.23. The van der Waals surface area contributed by atoms with Gasteiger partial charge in [-0.25, -0.2) is 9.18 Å². The van der Waals surface area contributed by atoms with Gasteiger partial charge in [0.05, 0.1) is 18.5 Å². The number of nitrogens with one attached hydrogen (secondary N) is 2. The van der Waals surface area contributed by atoms with E-state index in [2.05, 4.69) is 16.9 Å². The van der Waals surface area contributed by atoms with Crippen molar-refractivity contribution in [3.63, 3.8) is 0 Å². The van der Waals surface area contributed by atoms with E-state index in [0.29, 0.717) is 6.21 Å². The lowest BCUT2D eigenvalue weighted by Gasteiger charge is -2.22. The molecule has 8 nitrogen and oxygen atoms in total. The van der Waals surface area contributed by atoms with Crippen molar-refractivity contribution in [2.24, 2.45) is 4.99 Å². The van der Waals surface area contributed by atoms with Gasteiger partial charge in [0.15, 0.2) is 11.9 Å². The number of ether oxygens (including phenoxy) is 2. The first-order chi connectivity index (χ1) is 12.6. The van der Waals surface area contributed by atoms with Gasteiger partial charge in [0.1, 0.15) is 11.9 Å². The maximum absolute atomic E-state index is 12.7. The largest absolute Gasteiger partial charge is 0.461 e. The average molecular weight is 383 g/mol. The number of ketones is 1. The molecule has 2 N–H and O–H groups in total. The van der Waals surface area contributed by atoms with Crippen molar-refractivity contribution in [2.75, 3.05) is 7.11 Å². The van der Waals surface area contributed by atoms with Crippen molar-refractivity contribution in [1.82, 2.24) is 5.32 Å². The minimum atomic E-state index is -1.17. The lowest BCUT2D eigenvalue weighted by molar-refractivity contribution is -0.152. The highest BCUT2D eigenvalue weighted by Crippen LogP contribution is 2.08. The Balaban J connectivity index is 5.19. The maximum Gasteiger partial charge on any atom is 0.328 e. The fraction of sp³-hybridized carbons (Fsp3) is 0.500. The summed E-state index contributed by atoms with van der Waals surface area (Å²) in [5, 5.41) is 9.36. The third-order valence-electron chi connectivity index (χ3n) is 3.10. The standard InChI is InChI=1S/C18H26FN3O5/c1-11(2)27-18(25)15(7-6-14(23)8-20)22-17(24)16(26-5)12(3)9-21-10-13(4)19/h8-11,15-16,20H,3,6-7H2,1-2,4-5H3,(H,22,24)/b13-10+,20-8?,21-9-/t15-,16+/m0/s1. The number of halogens is 1. The zero-order valence-corrected chi connectivity index (χ0v) is 16.0. The number of esters is 1. The molecule has 27 heavy (non-hydrogen) atoms. The van der Waals surface area contributed by atoms with Crippen LogP contribution in [0.15, 0.2) is 29.2 Å². The highest BCUT2D eigenvalue weighted by Gasteiger charge is 2.28. The van der Waals surface area contributed by atoms with Gasteiger partial charge in [-0.2, -0.15) is 0 Å². The van der Waals surface area contributed by atoms with E-state index in [1.165, 1.54) is 14.0 Å². The Morgan fingerprint density at radius 1 is 1.33 bits per heavy atom. The molecule has 0 bridgehead atoms. The SMILES string of the molecule is C=C(/C=N\C=C(/C)F)[C@@H](OC)C(=O)N[C@@H](CCC(=O)C=N)C(=O)OC(C)C. The molecule has 0 spiro atoms. The zero-order valence-electron chi connectivity index (χ0n) is 16.0. The zero-order chi connectivity index (χ0) is 21.0. The van der Waals surface area contributed by atoms with Crippen molar-refractivity contribution in [1.29, 1.82) is 5.41 Å². The van der Waals surface area contributed by atoms with Gasteiger partial charge in [-0.05, 0) is 27.2 Å². The molecule has 150 valence electrons. The molecule has 0 fully saturated rings. The monoisotopic (exact) mass is 383 g/mol. The number of hydrogen-bond donors (Lipinski definition) is 2. The summed E-state index contributed by atoms with van der Waals surface area (Å²) < 4.78 is 22.8. The van der Waals surface area contributed by atoms with Crippen molar-refractivity contribution in [3.05, 3.63) is 24.2 Å². The predicted molar refractivity (Wildman–Crippen MR) is 99.5 cm³/mol. The fourth-order valence-corrected chi connectivity index (χ4v) is 1.90. The molecular weight excluding hydrogens is 357 g/mol. The van der Waals surface area contributed by atoms with Crippen LogP contribution in [0.25, 0.3) is 0 Å². The van der Waals surface area contributed by atoms with Gasteiger partial charge in [0, 0.05) is 25.3 Å². The Kier molecular flexibility index (Phi) is 11.4. The van der Waals surface area contributed by atoms with Crippen molar-refractivity contribution in [2.45, 2.75) is 51.9 Å². The predicted octanol–water partition coefficient (Wildman–Crippen LogP) is 1.89. The molecule has 0 aliphatic heterocycles. The summed E-state index contributed by atoms with van der Waals surface area (Å²) in [7, 11) is 1.26. The van der Waals surface area contributed by atoms with Crippen LogP contribution in [0, 0.1) is 5.41 Å². The Morgan fingerprint density at radius 2 is 1.96 bits per heavy atom. The van der Waals surface area contributed by atoms with Crippen LogP contribution in [0.2, 0.25) is 0 Å². The summed E-state index contributed by atoms with van der Waals surface area (Å²) in [5.74, 6) is -2.41. The van der Waals surface area contributed by atoms with E-state index in [1.54, 1.807) is 13.8 Å². The Morgan fingerprint density at radius 3 is 2.44 bits per heavy atom. The van der Waals surface area contributed by atoms with E-state index in [9.17, 15) is 18.8 Å². The van der Waals surface area contributed by atoms with Crippen LogP contribution in [-0.2, 0) is 23.9 Å². The number of carbonyl (C=O) groups excluding carboxylic acids is 3. The van der Waals surface area contributed by atoms with Crippen molar-refractivity contribution in [3.8, 4) is 0 Å². The van der Waals surface area contributed by atoms with Gasteiger partial charge < -0.3 is 20.2 Å². The highest BCUT2D eigenvalue weighted by atomic mass is 19.1. The molecule has 0 heterocycles. The van der Waals surface area contributed by atoms with Crippen LogP contribution >= 0.6 is 0 Å². The van der Waals surface area contributed by atoms with Gasteiger partial charge in [0.25, 0.3) is 5.91 Å². The molecule has 2 atom stereocenters. The van der Waals surface area contributed by atoms with E-state index in [-0.39, 0.29) is 18.4 Å². The normalized spacial score (nSPS) is 13.9. The van der Waals surface area contributed by atoms with Crippen LogP contribution in [0.4, 0.5) is 4.39 Å². The summed E-state index contributed by atoms with van der Waals surface area (Å²) in [6, 6.07) is -1.10. The third-order valence-corrected chi connectivity index (χ3v) is 3.10. The van der Waals surface area contributed by atoms with Crippen LogP contribution in [0.5, 0.6) is 0 Å².